The molecule has 0 radical (unpaired) electrons. The molecule has 1 fully saturated rings. The molecule has 1 aliphatic heterocycles. The molecule has 2 amide bonds. The molecule has 7 nitrogen and oxygen atoms in total. The summed E-state index contributed by atoms with van der Waals surface area (Å²) < 4.78 is 26.7. The number of sulfonamides is 1. The molecule has 0 unspecified atom stereocenters. The van der Waals surface area contributed by atoms with E-state index in [-0.39, 0.29) is 16.7 Å². The Labute approximate surface area is 165 Å². The van der Waals surface area contributed by atoms with E-state index in [1.165, 1.54) is 25.2 Å². The number of hydrogen-bond acceptors (Lipinski definition) is 4. The smallest absolute Gasteiger partial charge is 0.264 e. The van der Waals surface area contributed by atoms with Gasteiger partial charge in [0, 0.05) is 38.7 Å². The zero-order chi connectivity index (χ0) is 20.1. The second-order valence-corrected chi connectivity index (χ2v) is 8.55. The summed E-state index contributed by atoms with van der Waals surface area (Å²) >= 11 is 0. The van der Waals surface area contributed by atoms with Gasteiger partial charge in [-0.05, 0) is 36.8 Å². The Bertz CT molecular complexity index is 960. The largest absolute Gasteiger partial charge is 0.350 e. The third-order valence-corrected chi connectivity index (χ3v) is 6.51. The van der Waals surface area contributed by atoms with Gasteiger partial charge >= 0.3 is 0 Å². The molecule has 0 aliphatic carbocycles. The van der Waals surface area contributed by atoms with Crippen molar-refractivity contribution in [2.24, 2.45) is 0 Å². The van der Waals surface area contributed by atoms with E-state index in [9.17, 15) is 18.0 Å². The summed E-state index contributed by atoms with van der Waals surface area (Å²) in [6, 6.07) is 14.6. The number of rotatable bonds is 7. The minimum atomic E-state index is -3.71. The number of carbonyl (C=O) groups excluding carboxylic acids is 2. The Morgan fingerprint density at radius 1 is 1.14 bits per heavy atom. The van der Waals surface area contributed by atoms with Crippen molar-refractivity contribution in [1.82, 2.24) is 10.2 Å². The van der Waals surface area contributed by atoms with Crippen molar-refractivity contribution in [2.75, 3.05) is 31.0 Å². The lowest BCUT2D eigenvalue weighted by Gasteiger charge is -2.20. The highest BCUT2D eigenvalue weighted by Crippen LogP contribution is 2.22. The fourth-order valence-electron chi connectivity index (χ4n) is 3.08. The number of hydrogen-bond donors (Lipinski definition) is 1. The molecule has 8 heteroatoms. The zero-order valence-electron chi connectivity index (χ0n) is 15.7. The van der Waals surface area contributed by atoms with Crippen molar-refractivity contribution in [1.29, 1.82) is 0 Å². The molecule has 1 heterocycles. The van der Waals surface area contributed by atoms with Crippen LogP contribution in [0.4, 0.5) is 5.69 Å². The molecule has 28 heavy (non-hydrogen) atoms. The Morgan fingerprint density at radius 3 is 2.57 bits per heavy atom. The van der Waals surface area contributed by atoms with Crippen LogP contribution in [-0.2, 0) is 14.8 Å². The molecule has 0 spiro atoms. The molecule has 2 aromatic rings. The SMILES string of the molecule is CN(c1cccc(C(=O)NCCN2CCCC2=O)c1)S(=O)(=O)c1ccccc1. The topological polar surface area (TPSA) is 86.8 Å². The fraction of sp³-hybridized carbons (Fsp3) is 0.300. The molecule has 3 rings (SSSR count). The van der Waals surface area contributed by atoms with Gasteiger partial charge in [-0.15, -0.1) is 0 Å². The number of nitrogens with zero attached hydrogens (tertiary/aromatic N) is 2. The van der Waals surface area contributed by atoms with Crippen molar-refractivity contribution >= 4 is 27.5 Å². The van der Waals surface area contributed by atoms with Gasteiger partial charge in [-0.2, -0.15) is 0 Å². The predicted octanol–water partition coefficient (Wildman–Crippen LogP) is 1.86. The van der Waals surface area contributed by atoms with Gasteiger partial charge in [0.05, 0.1) is 10.6 Å². The second kappa shape index (κ2) is 8.43. The molecule has 2 aromatic carbocycles. The van der Waals surface area contributed by atoms with Gasteiger partial charge in [0.1, 0.15) is 0 Å². The maximum Gasteiger partial charge on any atom is 0.264 e. The van der Waals surface area contributed by atoms with E-state index in [1.807, 2.05) is 0 Å². The van der Waals surface area contributed by atoms with Crippen LogP contribution in [0, 0.1) is 0 Å². The van der Waals surface area contributed by atoms with Crippen molar-refractivity contribution in [3.05, 3.63) is 60.2 Å². The Hall–Kier alpha value is -2.87. The molecule has 0 saturated carbocycles. The maximum atomic E-state index is 12.8. The van der Waals surface area contributed by atoms with Crippen molar-refractivity contribution in [3.63, 3.8) is 0 Å². The van der Waals surface area contributed by atoms with Gasteiger partial charge in [0.25, 0.3) is 15.9 Å². The molecule has 0 bridgehead atoms. The molecule has 148 valence electrons. The molecule has 0 atom stereocenters. The second-order valence-electron chi connectivity index (χ2n) is 6.58. The van der Waals surface area contributed by atoms with Crippen molar-refractivity contribution in [3.8, 4) is 0 Å². The predicted molar refractivity (Wildman–Crippen MR) is 107 cm³/mol. The molecule has 1 N–H and O–H groups in total. The van der Waals surface area contributed by atoms with Crippen molar-refractivity contribution < 1.29 is 18.0 Å². The van der Waals surface area contributed by atoms with E-state index < -0.39 is 10.0 Å². The third kappa shape index (κ3) is 4.33. The number of anilines is 1. The summed E-state index contributed by atoms with van der Waals surface area (Å²) in [6.07, 6.45) is 1.43. The van der Waals surface area contributed by atoms with Crippen LogP contribution in [0.3, 0.4) is 0 Å². The summed E-state index contributed by atoms with van der Waals surface area (Å²) in [5, 5.41) is 2.78. The Morgan fingerprint density at radius 2 is 1.89 bits per heavy atom. The number of amides is 2. The molecular weight excluding hydrogens is 378 g/mol. The van der Waals surface area contributed by atoms with Gasteiger partial charge in [-0.1, -0.05) is 24.3 Å². The van der Waals surface area contributed by atoms with E-state index in [4.69, 9.17) is 0 Å². The van der Waals surface area contributed by atoms with Gasteiger partial charge in [0.2, 0.25) is 5.91 Å². The molecule has 0 aromatic heterocycles. The molecule has 1 saturated heterocycles. The van der Waals surface area contributed by atoms with E-state index in [2.05, 4.69) is 5.32 Å². The summed E-state index contributed by atoms with van der Waals surface area (Å²) in [5.74, 6) is -0.192. The van der Waals surface area contributed by atoms with Crippen LogP contribution >= 0.6 is 0 Å². The monoisotopic (exact) mass is 401 g/mol. The lowest BCUT2D eigenvalue weighted by atomic mass is 10.2. The van der Waals surface area contributed by atoms with E-state index in [1.54, 1.807) is 41.3 Å². The van der Waals surface area contributed by atoms with E-state index >= 15 is 0 Å². The van der Waals surface area contributed by atoms with Crippen LogP contribution in [0.25, 0.3) is 0 Å². The first kappa shape index (κ1) is 19.9. The minimum Gasteiger partial charge on any atom is -0.350 e. The fourth-order valence-corrected chi connectivity index (χ4v) is 4.29. The van der Waals surface area contributed by atoms with Gasteiger partial charge < -0.3 is 10.2 Å². The molecular formula is C20H23N3O4S. The quantitative estimate of drug-likeness (QED) is 0.767. The highest BCUT2D eigenvalue weighted by molar-refractivity contribution is 7.92. The first-order chi connectivity index (χ1) is 13.4. The molecule has 1 aliphatic rings. The summed E-state index contributed by atoms with van der Waals surface area (Å²) in [4.78, 5) is 25.9. The minimum absolute atomic E-state index is 0.115. The normalized spacial score (nSPS) is 14.2. The van der Waals surface area contributed by atoms with Gasteiger partial charge in [-0.3, -0.25) is 13.9 Å². The lowest BCUT2D eigenvalue weighted by molar-refractivity contribution is -0.127. The zero-order valence-corrected chi connectivity index (χ0v) is 16.5. The summed E-state index contributed by atoms with van der Waals surface area (Å²) in [6.45, 7) is 1.56. The van der Waals surface area contributed by atoms with Crippen molar-refractivity contribution in [2.45, 2.75) is 17.7 Å². The van der Waals surface area contributed by atoms with Crippen LogP contribution in [0.1, 0.15) is 23.2 Å². The Balaban J connectivity index is 1.67. The number of carbonyl (C=O) groups is 2. The number of benzene rings is 2. The lowest BCUT2D eigenvalue weighted by Crippen LogP contribution is -2.35. The summed E-state index contributed by atoms with van der Waals surface area (Å²) in [7, 11) is -2.25. The maximum absolute atomic E-state index is 12.8. The standard InChI is InChI=1S/C20H23N3O4S/c1-22(28(26,27)18-9-3-2-4-10-18)17-8-5-7-16(15-17)20(25)21-12-14-23-13-6-11-19(23)24/h2-5,7-10,15H,6,11-14H2,1H3,(H,21,25). The van der Waals surface area contributed by atoms with Crippen LogP contribution in [0.2, 0.25) is 0 Å². The van der Waals surface area contributed by atoms with Gasteiger partial charge in [0.15, 0.2) is 0 Å². The first-order valence-electron chi connectivity index (χ1n) is 9.09. The average molecular weight is 401 g/mol. The van der Waals surface area contributed by atoms with E-state index in [0.717, 1.165) is 17.3 Å². The van der Waals surface area contributed by atoms with Crippen LogP contribution < -0.4 is 9.62 Å². The summed E-state index contributed by atoms with van der Waals surface area (Å²) in [5.41, 5.74) is 0.756. The van der Waals surface area contributed by atoms with Crippen LogP contribution in [0.15, 0.2) is 59.5 Å². The number of nitrogens with one attached hydrogen (secondary N) is 1. The average Bonchev–Trinajstić information content (AvgIpc) is 3.13. The highest BCUT2D eigenvalue weighted by atomic mass is 32.2. The van der Waals surface area contributed by atoms with E-state index in [0.29, 0.717) is 30.8 Å². The Kier molecular flexibility index (Phi) is 5.99. The highest BCUT2D eigenvalue weighted by Gasteiger charge is 2.22. The van der Waals surface area contributed by atoms with Crippen LogP contribution in [-0.4, -0.2) is 51.8 Å². The number of likely N-dealkylation sites (tertiary alicyclic amines) is 1. The third-order valence-electron chi connectivity index (χ3n) is 4.71. The first-order valence-corrected chi connectivity index (χ1v) is 10.5. The van der Waals surface area contributed by atoms with Crippen LogP contribution in [0.5, 0.6) is 0 Å². The van der Waals surface area contributed by atoms with Gasteiger partial charge in [-0.25, -0.2) is 8.42 Å².